The van der Waals surface area contributed by atoms with E-state index in [9.17, 15) is 0 Å². The van der Waals surface area contributed by atoms with Crippen LogP contribution < -0.4 is 0 Å². The van der Waals surface area contributed by atoms with Gasteiger partial charge in [0.2, 0.25) is 0 Å². The van der Waals surface area contributed by atoms with Gasteiger partial charge >= 0.3 is 0 Å². The van der Waals surface area contributed by atoms with Gasteiger partial charge in [-0.25, -0.2) is 0 Å². The number of ether oxygens (including phenoxy) is 1. The van der Waals surface area contributed by atoms with Crippen LogP contribution in [0.4, 0.5) is 0 Å². The number of hydrogen-bond donors (Lipinski definition) is 0. The van der Waals surface area contributed by atoms with Gasteiger partial charge in [0.25, 0.3) is 0 Å². The predicted octanol–water partition coefficient (Wildman–Crippen LogP) is 5.37. The van der Waals surface area contributed by atoms with Gasteiger partial charge in [0.05, 0.1) is 7.11 Å². The van der Waals surface area contributed by atoms with Crippen LogP contribution in [0.25, 0.3) is 5.57 Å². The molecule has 0 aromatic heterocycles. The third-order valence-corrected chi connectivity index (χ3v) is 3.45. The molecule has 0 N–H and O–H groups in total. The Morgan fingerprint density at radius 1 is 1.05 bits per heavy atom. The van der Waals surface area contributed by atoms with E-state index in [4.69, 9.17) is 4.74 Å². The predicted molar refractivity (Wildman–Crippen MR) is 83.9 cm³/mol. The quantitative estimate of drug-likeness (QED) is 0.508. The molecule has 1 heteroatoms. The summed E-state index contributed by atoms with van der Waals surface area (Å²) in [6, 6.07) is 10.5. The second-order valence-electron chi connectivity index (χ2n) is 4.76. The molecule has 0 unspecified atom stereocenters. The molecule has 0 saturated heterocycles. The molecule has 1 aromatic carbocycles. The number of rotatable bonds is 5. The van der Waals surface area contributed by atoms with Crippen molar-refractivity contribution in [1.29, 1.82) is 0 Å². The Bertz CT molecular complexity index is 504. The van der Waals surface area contributed by atoms with Gasteiger partial charge in [-0.3, -0.25) is 0 Å². The molecule has 1 aromatic rings. The monoisotopic (exact) mass is 256 g/mol. The molecule has 0 bridgehead atoms. The van der Waals surface area contributed by atoms with Gasteiger partial charge in [-0.05, 0) is 49.5 Å². The van der Waals surface area contributed by atoms with Crippen molar-refractivity contribution in [3.8, 4) is 0 Å². The molecule has 0 aliphatic heterocycles. The van der Waals surface area contributed by atoms with E-state index in [1.165, 1.54) is 16.7 Å². The van der Waals surface area contributed by atoms with Crippen LogP contribution in [0, 0.1) is 0 Å². The molecule has 0 aliphatic carbocycles. The SMILES string of the molecule is C=C(C)/C(C)=C(OC)/C(C)=C(\CC)c1ccccc1. The zero-order valence-corrected chi connectivity index (χ0v) is 12.7. The van der Waals surface area contributed by atoms with Crippen LogP contribution >= 0.6 is 0 Å². The van der Waals surface area contributed by atoms with Gasteiger partial charge in [-0.15, -0.1) is 0 Å². The highest BCUT2D eigenvalue weighted by Gasteiger charge is 2.11. The molecule has 1 rings (SSSR count). The molecule has 0 aliphatic rings. The Morgan fingerprint density at radius 2 is 1.63 bits per heavy atom. The Hall–Kier alpha value is -1.76. The van der Waals surface area contributed by atoms with E-state index in [-0.39, 0.29) is 0 Å². The van der Waals surface area contributed by atoms with Gasteiger partial charge in [-0.1, -0.05) is 49.4 Å². The zero-order valence-electron chi connectivity index (χ0n) is 12.7. The second-order valence-corrected chi connectivity index (χ2v) is 4.76. The van der Waals surface area contributed by atoms with Gasteiger partial charge in [0.1, 0.15) is 5.76 Å². The minimum absolute atomic E-state index is 0.938. The van der Waals surface area contributed by atoms with Crippen LogP contribution in [-0.4, -0.2) is 7.11 Å². The molecule has 19 heavy (non-hydrogen) atoms. The average molecular weight is 256 g/mol. The first kappa shape index (κ1) is 15.3. The third kappa shape index (κ3) is 3.60. The molecule has 0 amide bonds. The van der Waals surface area contributed by atoms with Crippen molar-refractivity contribution in [1.82, 2.24) is 0 Å². The lowest BCUT2D eigenvalue weighted by atomic mass is 9.95. The standard InChI is InChI=1S/C18H24O/c1-7-17(16-11-9-8-10-12-16)15(5)18(19-6)14(4)13(2)3/h8-12H,2,7H2,1,3-6H3/b17-15+,18-14-. The smallest absolute Gasteiger partial charge is 0.125 e. The average Bonchev–Trinajstić information content (AvgIpc) is 2.41. The third-order valence-electron chi connectivity index (χ3n) is 3.45. The summed E-state index contributed by atoms with van der Waals surface area (Å²) in [5.74, 6) is 0.938. The highest BCUT2D eigenvalue weighted by Crippen LogP contribution is 2.29. The fourth-order valence-electron chi connectivity index (χ4n) is 2.24. The summed E-state index contributed by atoms with van der Waals surface area (Å²) in [6.45, 7) is 12.4. The van der Waals surface area contributed by atoms with E-state index in [1.807, 2.05) is 13.0 Å². The molecule has 0 fully saturated rings. The number of hydrogen-bond acceptors (Lipinski definition) is 1. The van der Waals surface area contributed by atoms with Crippen LogP contribution in [0.3, 0.4) is 0 Å². The van der Waals surface area contributed by atoms with Crippen LogP contribution in [0.5, 0.6) is 0 Å². The first-order chi connectivity index (χ1) is 9.02. The lowest BCUT2D eigenvalue weighted by Gasteiger charge is -2.16. The maximum atomic E-state index is 5.60. The van der Waals surface area contributed by atoms with Crippen LogP contribution in [0.15, 0.2) is 59.4 Å². The molecule has 0 saturated carbocycles. The van der Waals surface area contributed by atoms with Crippen LogP contribution in [0.2, 0.25) is 0 Å². The molecule has 0 radical (unpaired) electrons. The summed E-state index contributed by atoms with van der Waals surface area (Å²) in [5.41, 5.74) is 5.92. The molecule has 0 heterocycles. The number of allylic oxidation sites excluding steroid dienone is 4. The maximum absolute atomic E-state index is 5.60. The molecule has 0 spiro atoms. The Morgan fingerprint density at radius 3 is 2.05 bits per heavy atom. The summed E-state index contributed by atoms with van der Waals surface area (Å²) in [7, 11) is 1.73. The fraction of sp³-hybridized carbons (Fsp3) is 0.333. The summed E-state index contributed by atoms with van der Waals surface area (Å²) in [6.07, 6.45) is 0.978. The lowest BCUT2D eigenvalue weighted by molar-refractivity contribution is 0.297. The van der Waals surface area contributed by atoms with E-state index in [0.29, 0.717) is 0 Å². The summed E-state index contributed by atoms with van der Waals surface area (Å²) in [5, 5.41) is 0. The Balaban J connectivity index is 3.40. The van der Waals surface area contributed by atoms with Crippen LogP contribution in [0.1, 0.15) is 39.7 Å². The normalized spacial score (nSPS) is 13.5. The number of benzene rings is 1. The summed E-state index contributed by atoms with van der Waals surface area (Å²) in [4.78, 5) is 0. The van der Waals surface area contributed by atoms with Crippen molar-refractivity contribution in [2.24, 2.45) is 0 Å². The van der Waals surface area contributed by atoms with Crippen molar-refractivity contribution < 1.29 is 4.74 Å². The molecular weight excluding hydrogens is 232 g/mol. The number of methoxy groups -OCH3 is 1. The van der Waals surface area contributed by atoms with Crippen molar-refractivity contribution in [3.05, 3.63) is 65.0 Å². The van der Waals surface area contributed by atoms with Crippen molar-refractivity contribution in [2.45, 2.75) is 34.1 Å². The van der Waals surface area contributed by atoms with E-state index < -0.39 is 0 Å². The Kier molecular flexibility index (Phi) is 5.62. The molecule has 102 valence electrons. The topological polar surface area (TPSA) is 9.23 Å². The lowest BCUT2D eigenvalue weighted by Crippen LogP contribution is -1.99. The summed E-state index contributed by atoms with van der Waals surface area (Å²) >= 11 is 0. The molecular formula is C18H24O. The maximum Gasteiger partial charge on any atom is 0.125 e. The van der Waals surface area contributed by atoms with E-state index in [1.54, 1.807) is 7.11 Å². The van der Waals surface area contributed by atoms with Crippen molar-refractivity contribution in [3.63, 3.8) is 0 Å². The highest BCUT2D eigenvalue weighted by atomic mass is 16.5. The van der Waals surface area contributed by atoms with Crippen molar-refractivity contribution >= 4 is 5.57 Å². The highest BCUT2D eigenvalue weighted by molar-refractivity contribution is 5.71. The Labute approximate surface area is 117 Å². The largest absolute Gasteiger partial charge is 0.496 e. The van der Waals surface area contributed by atoms with Gasteiger partial charge in [0, 0.05) is 0 Å². The second kappa shape index (κ2) is 6.98. The molecule has 0 atom stereocenters. The summed E-state index contributed by atoms with van der Waals surface area (Å²) < 4.78 is 5.60. The van der Waals surface area contributed by atoms with Crippen molar-refractivity contribution in [2.75, 3.05) is 7.11 Å². The first-order valence-electron chi connectivity index (χ1n) is 6.69. The van der Waals surface area contributed by atoms with E-state index in [0.717, 1.165) is 23.3 Å². The molecule has 1 nitrogen and oxygen atoms in total. The zero-order chi connectivity index (χ0) is 14.4. The van der Waals surface area contributed by atoms with Gasteiger partial charge < -0.3 is 4.74 Å². The fourth-order valence-corrected chi connectivity index (χ4v) is 2.24. The van der Waals surface area contributed by atoms with E-state index >= 15 is 0 Å². The minimum atomic E-state index is 0.938. The minimum Gasteiger partial charge on any atom is -0.496 e. The van der Waals surface area contributed by atoms with Gasteiger partial charge in [0.15, 0.2) is 0 Å². The van der Waals surface area contributed by atoms with E-state index in [2.05, 4.69) is 51.6 Å². The first-order valence-corrected chi connectivity index (χ1v) is 6.69. The van der Waals surface area contributed by atoms with Gasteiger partial charge in [-0.2, -0.15) is 0 Å². The van der Waals surface area contributed by atoms with Crippen LogP contribution in [-0.2, 0) is 4.74 Å².